The van der Waals surface area contributed by atoms with Gasteiger partial charge in [-0.25, -0.2) is 0 Å². The van der Waals surface area contributed by atoms with Crippen molar-refractivity contribution < 1.29 is 0 Å². The number of piperidine rings is 1. The summed E-state index contributed by atoms with van der Waals surface area (Å²) in [6.07, 6.45) is 5.63. The second kappa shape index (κ2) is 8.38. The highest BCUT2D eigenvalue weighted by Crippen LogP contribution is 2.35. The molecule has 0 N–H and O–H groups in total. The molecule has 0 aliphatic carbocycles. The van der Waals surface area contributed by atoms with E-state index in [9.17, 15) is 0 Å². The molecular weight excluding hydrogens is 423 g/mol. The van der Waals surface area contributed by atoms with Crippen LogP contribution in [0.3, 0.4) is 0 Å². The van der Waals surface area contributed by atoms with Crippen LogP contribution >= 0.6 is 34.5 Å². The molecule has 0 atom stereocenters. The van der Waals surface area contributed by atoms with E-state index in [1.807, 2.05) is 23.5 Å². The fourth-order valence-electron chi connectivity index (χ4n) is 4.57. The molecule has 2 aliphatic rings. The van der Waals surface area contributed by atoms with E-state index in [2.05, 4.69) is 37.2 Å². The summed E-state index contributed by atoms with van der Waals surface area (Å²) in [7, 11) is 0. The molecule has 3 aromatic rings. The highest BCUT2D eigenvalue weighted by Gasteiger charge is 2.28. The number of likely N-dealkylation sites (tertiary alicyclic amines) is 1. The van der Waals surface area contributed by atoms with Crippen LogP contribution in [0.4, 0.5) is 0 Å². The van der Waals surface area contributed by atoms with Crippen molar-refractivity contribution in [1.29, 1.82) is 0 Å². The minimum atomic E-state index is 0.512. The number of nitrogens with zero attached hydrogens (tertiary/aromatic N) is 4. The fraction of sp³-hybridized carbons (Fsp3) is 0.455. The third-order valence-electron chi connectivity index (χ3n) is 6.20. The van der Waals surface area contributed by atoms with Crippen molar-refractivity contribution in [2.45, 2.75) is 44.6 Å². The molecule has 0 radical (unpaired) electrons. The third-order valence-corrected chi connectivity index (χ3v) is 7.92. The van der Waals surface area contributed by atoms with Crippen LogP contribution in [0, 0.1) is 0 Å². The van der Waals surface area contributed by atoms with Gasteiger partial charge in [0.2, 0.25) is 0 Å². The lowest BCUT2D eigenvalue weighted by Crippen LogP contribution is -2.35. The zero-order chi connectivity index (χ0) is 19.8. The Hall–Kier alpha value is -1.40. The van der Waals surface area contributed by atoms with Crippen LogP contribution in [0.25, 0.3) is 11.4 Å². The summed E-state index contributed by atoms with van der Waals surface area (Å²) < 4.78 is 2.40. The quantitative estimate of drug-likeness (QED) is 0.516. The van der Waals surface area contributed by atoms with Crippen molar-refractivity contribution in [3.05, 3.63) is 56.0 Å². The fourth-order valence-corrected chi connectivity index (χ4v) is 5.80. The molecule has 5 rings (SSSR count). The third kappa shape index (κ3) is 3.98. The van der Waals surface area contributed by atoms with Crippen molar-refractivity contribution in [2.24, 2.45) is 0 Å². The molecule has 0 spiro atoms. The van der Waals surface area contributed by atoms with Gasteiger partial charge in [-0.2, -0.15) is 0 Å². The summed E-state index contributed by atoms with van der Waals surface area (Å²) >= 11 is 14.0. The highest BCUT2D eigenvalue weighted by molar-refractivity contribution is 7.10. The molecular formula is C22H24Cl2N4S. The zero-order valence-electron chi connectivity index (χ0n) is 16.3. The SMILES string of the molecule is Clc1ccc(CCN2CCC(c3nnc4n3CCCc3sccc3-4)CC2)cc1Cl. The van der Waals surface area contributed by atoms with E-state index in [-0.39, 0.29) is 0 Å². The van der Waals surface area contributed by atoms with Crippen LogP contribution in [0.1, 0.15) is 41.4 Å². The molecule has 2 aromatic heterocycles. The van der Waals surface area contributed by atoms with Gasteiger partial charge in [0.25, 0.3) is 0 Å². The van der Waals surface area contributed by atoms with Crippen LogP contribution in [-0.2, 0) is 19.4 Å². The van der Waals surface area contributed by atoms with Crippen LogP contribution in [0.15, 0.2) is 29.6 Å². The van der Waals surface area contributed by atoms with E-state index in [1.165, 1.54) is 28.2 Å². The van der Waals surface area contributed by atoms with E-state index in [0.29, 0.717) is 16.0 Å². The molecule has 152 valence electrons. The number of fused-ring (bicyclic) bond motifs is 3. The van der Waals surface area contributed by atoms with Gasteiger partial charge in [-0.15, -0.1) is 21.5 Å². The lowest BCUT2D eigenvalue weighted by molar-refractivity contribution is 0.209. The van der Waals surface area contributed by atoms with E-state index in [1.54, 1.807) is 0 Å². The molecule has 7 heteroatoms. The second-order valence-electron chi connectivity index (χ2n) is 8.01. The Balaban J connectivity index is 1.22. The molecule has 0 unspecified atom stereocenters. The number of thiophene rings is 1. The number of aromatic nitrogens is 3. The van der Waals surface area contributed by atoms with Crippen LogP contribution in [0.5, 0.6) is 0 Å². The molecule has 1 saturated heterocycles. The van der Waals surface area contributed by atoms with Crippen molar-refractivity contribution in [3.63, 3.8) is 0 Å². The van der Waals surface area contributed by atoms with Gasteiger partial charge in [-0.1, -0.05) is 29.3 Å². The van der Waals surface area contributed by atoms with Crippen molar-refractivity contribution >= 4 is 34.5 Å². The summed E-state index contributed by atoms with van der Waals surface area (Å²) in [5.41, 5.74) is 2.54. The maximum absolute atomic E-state index is 6.15. The molecule has 0 saturated carbocycles. The minimum Gasteiger partial charge on any atom is -0.311 e. The maximum atomic E-state index is 6.15. The van der Waals surface area contributed by atoms with Gasteiger partial charge in [0.15, 0.2) is 5.82 Å². The predicted octanol–water partition coefficient (Wildman–Crippen LogP) is 5.68. The number of benzene rings is 1. The Morgan fingerprint density at radius 1 is 1.03 bits per heavy atom. The summed E-state index contributed by atoms with van der Waals surface area (Å²) in [6, 6.07) is 8.16. The van der Waals surface area contributed by atoms with E-state index >= 15 is 0 Å². The molecule has 4 nitrogen and oxygen atoms in total. The Labute approximate surface area is 185 Å². The first-order valence-corrected chi connectivity index (χ1v) is 12.0. The van der Waals surface area contributed by atoms with Crippen molar-refractivity contribution in [1.82, 2.24) is 19.7 Å². The standard InChI is InChI=1S/C22H24Cl2N4S/c23-18-4-3-15(14-19(18)24)5-10-27-11-6-16(7-12-27)21-25-26-22-17-8-13-29-20(17)2-1-9-28(21)22/h3-4,8,13-14,16H,1-2,5-7,9-12H2. The Morgan fingerprint density at radius 2 is 1.90 bits per heavy atom. The maximum Gasteiger partial charge on any atom is 0.165 e. The Kier molecular flexibility index (Phi) is 5.65. The number of rotatable bonds is 4. The number of aryl methyl sites for hydroxylation is 1. The summed E-state index contributed by atoms with van der Waals surface area (Å²) in [4.78, 5) is 4.01. The molecule has 1 aromatic carbocycles. The van der Waals surface area contributed by atoms with Gasteiger partial charge in [0.1, 0.15) is 5.82 Å². The summed E-state index contributed by atoms with van der Waals surface area (Å²) in [5, 5.41) is 12.7. The lowest BCUT2D eigenvalue weighted by Gasteiger charge is -2.31. The minimum absolute atomic E-state index is 0.512. The van der Waals surface area contributed by atoms with Gasteiger partial charge in [-0.05, 0) is 74.3 Å². The van der Waals surface area contributed by atoms with Gasteiger partial charge in [-0.3, -0.25) is 0 Å². The van der Waals surface area contributed by atoms with Gasteiger partial charge in [0, 0.05) is 29.4 Å². The largest absolute Gasteiger partial charge is 0.311 e. The van der Waals surface area contributed by atoms with Crippen molar-refractivity contribution in [3.8, 4) is 11.4 Å². The molecule has 4 heterocycles. The smallest absolute Gasteiger partial charge is 0.165 e. The van der Waals surface area contributed by atoms with Crippen LogP contribution in [0.2, 0.25) is 10.0 Å². The molecule has 0 amide bonds. The zero-order valence-corrected chi connectivity index (χ0v) is 18.6. The van der Waals surface area contributed by atoms with E-state index < -0.39 is 0 Å². The Bertz CT molecular complexity index is 1000. The Morgan fingerprint density at radius 3 is 2.72 bits per heavy atom. The molecule has 0 bridgehead atoms. The number of hydrogen-bond donors (Lipinski definition) is 0. The summed E-state index contributed by atoms with van der Waals surface area (Å²) in [5.74, 6) is 2.79. The van der Waals surface area contributed by atoms with Crippen LogP contribution in [-0.4, -0.2) is 39.3 Å². The first kappa shape index (κ1) is 19.6. The number of halogens is 2. The van der Waals surface area contributed by atoms with Crippen LogP contribution < -0.4 is 0 Å². The molecule has 1 fully saturated rings. The average Bonchev–Trinajstić information content (AvgIpc) is 3.33. The predicted molar refractivity (Wildman–Crippen MR) is 120 cm³/mol. The first-order chi connectivity index (χ1) is 14.2. The first-order valence-electron chi connectivity index (χ1n) is 10.3. The monoisotopic (exact) mass is 446 g/mol. The number of hydrogen-bond acceptors (Lipinski definition) is 4. The van der Waals surface area contributed by atoms with E-state index in [4.69, 9.17) is 23.2 Å². The van der Waals surface area contributed by atoms with Crippen molar-refractivity contribution in [2.75, 3.05) is 19.6 Å². The van der Waals surface area contributed by atoms with E-state index in [0.717, 1.165) is 57.7 Å². The summed E-state index contributed by atoms with van der Waals surface area (Å²) in [6.45, 7) is 4.31. The lowest BCUT2D eigenvalue weighted by atomic mass is 9.95. The van der Waals surface area contributed by atoms with Gasteiger partial charge in [0.05, 0.1) is 10.0 Å². The second-order valence-corrected chi connectivity index (χ2v) is 9.82. The normalized spacial score (nSPS) is 17.7. The van der Waals surface area contributed by atoms with Gasteiger partial charge < -0.3 is 9.47 Å². The van der Waals surface area contributed by atoms with Gasteiger partial charge >= 0.3 is 0 Å². The topological polar surface area (TPSA) is 34.0 Å². The highest BCUT2D eigenvalue weighted by atomic mass is 35.5. The molecule has 29 heavy (non-hydrogen) atoms. The average molecular weight is 447 g/mol. The molecule has 2 aliphatic heterocycles.